The van der Waals surface area contributed by atoms with Crippen molar-refractivity contribution >= 4 is 5.91 Å². The minimum absolute atomic E-state index is 0.0222. The van der Waals surface area contributed by atoms with Crippen LogP contribution in [0.2, 0.25) is 0 Å². The van der Waals surface area contributed by atoms with Gasteiger partial charge < -0.3 is 9.64 Å². The number of nitrogens with zero attached hydrogens (tertiary/aromatic N) is 1. The van der Waals surface area contributed by atoms with Crippen molar-refractivity contribution in [1.29, 1.82) is 0 Å². The molecule has 0 aromatic heterocycles. The predicted octanol–water partition coefficient (Wildman–Crippen LogP) is 3.28. The van der Waals surface area contributed by atoms with E-state index in [4.69, 9.17) is 4.74 Å². The SMILES string of the molecule is COc1ccccc1CN(C)C(=O)c1ccccc1C. The first kappa shape index (κ1) is 14.1. The highest BCUT2D eigenvalue weighted by Gasteiger charge is 2.15. The third-order valence-corrected chi connectivity index (χ3v) is 3.32. The number of para-hydroxylation sites is 1. The Balaban J connectivity index is 2.18. The molecule has 0 fully saturated rings. The van der Waals surface area contributed by atoms with Crippen molar-refractivity contribution in [3.8, 4) is 5.75 Å². The number of amides is 1. The lowest BCUT2D eigenvalue weighted by Crippen LogP contribution is -2.27. The Morgan fingerprint density at radius 1 is 1.10 bits per heavy atom. The normalized spacial score (nSPS) is 10.2. The molecule has 0 saturated carbocycles. The molecule has 0 aliphatic heterocycles. The fourth-order valence-electron chi connectivity index (χ4n) is 2.18. The van der Waals surface area contributed by atoms with Gasteiger partial charge >= 0.3 is 0 Å². The average Bonchev–Trinajstić information content (AvgIpc) is 2.47. The van der Waals surface area contributed by atoms with Crippen LogP contribution in [0.15, 0.2) is 48.5 Å². The number of ether oxygens (including phenoxy) is 1. The summed E-state index contributed by atoms with van der Waals surface area (Å²) < 4.78 is 5.32. The van der Waals surface area contributed by atoms with Crippen LogP contribution in [0.3, 0.4) is 0 Å². The smallest absolute Gasteiger partial charge is 0.254 e. The monoisotopic (exact) mass is 269 g/mol. The van der Waals surface area contributed by atoms with E-state index in [0.29, 0.717) is 6.54 Å². The number of carbonyl (C=O) groups is 1. The number of rotatable bonds is 4. The molecule has 0 N–H and O–H groups in total. The first-order valence-electron chi connectivity index (χ1n) is 6.56. The first-order chi connectivity index (χ1) is 9.63. The highest BCUT2D eigenvalue weighted by molar-refractivity contribution is 5.95. The molecule has 1 amide bonds. The van der Waals surface area contributed by atoms with Gasteiger partial charge in [-0.3, -0.25) is 4.79 Å². The number of aryl methyl sites for hydroxylation is 1. The topological polar surface area (TPSA) is 29.5 Å². The maximum atomic E-state index is 12.5. The van der Waals surface area contributed by atoms with E-state index in [1.807, 2.05) is 55.5 Å². The van der Waals surface area contributed by atoms with E-state index in [2.05, 4.69) is 0 Å². The Labute approximate surface area is 119 Å². The molecule has 3 nitrogen and oxygen atoms in total. The summed E-state index contributed by atoms with van der Waals surface area (Å²) >= 11 is 0. The van der Waals surface area contributed by atoms with Crippen molar-refractivity contribution in [1.82, 2.24) is 4.90 Å². The fourth-order valence-corrected chi connectivity index (χ4v) is 2.18. The number of methoxy groups -OCH3 is 1. The molecule has 0 aliphatic carbocycles. The molecule has 0 saturated heterocycles. The second-order valence-corrected chi connectivity index (χ2v) is 4.79. The Morgan fingerprint density at radius 3 is 2.45 bits per heavy atom. The molecule has 0 unspecified atom stereocenters. The van der Waals surface area contributed by atoms with Crippen LogP contribution in [0.25, 0.3) is 0 Å². The van der Waals surface area contributed by atoms with Gasteiger partial charge in [0.05, 0.1) is 7.11 Å². The van der Waals surface area contributed by atoms with Gasteiger partial charge in [0.15, 0.2) is 0 Å². The number of hydrogen-bond donors (Lipinski definition) is 0. The first-order valence-corrected chi connectivity index (χ1v) is 6.56. The second-order valence-electron chi connectivity index (χ2n) is 4.79. The second kappa shape index (κ2) is 6.24. The standard InChI is InChI=1S/C17H19NO2/c1-13-8-4-6-10-15(13)17(19)18(2)12-14-9-5-7-11-16(14)20-3/h4-11H,12H2,1-3H3. The summed E-state index contributed by atoms with van der Waals surface area (Å²) in [7, 11) is 3.45. The molecule has 0 heterocycles. The molecule has 0 bridgehead atoms. The van der Waals surface area contributed by atoms with Crippen LogP contribution in [0.1, 0.15) is 21.5 Å². The van der Waals surface area contributed by atoms with Crippen molar-refractivity contribution in [2.75, 3.05) is 14.2 Å². The van der Waals surface area contributed by atoms with Crippen LogP contribution >= 0.6 is 0 Å². The van der Waals surface area contributed by atoms with Crippen LogP contribution in [0, 0.1) is 6.92 Å². The van der Waals surface area contributed by atoms with Gasteiger partial charge in [-0.1, -0.05) is 36.4 Å². The zero-order valence-electron chi connectivity index (χ0n) is 12.1. The number of benzene rings is 2. The molecule has 3 heteroatoms. The summed E-state index contributed by atoms with van der Waals surface area (Å²) in [6, 6.07) is 15.4. The van der Waals surface area contributed by atoms with Gasteiger partial charge in [-0.2, -0.15) is 0 Å². The molecule has 20 heavy (non-hydrogen) atoms. The summed E-state index contributed by atoms with van der Waals surface area (Å²) in [6.07, 6.45) is 0. The quantitative estimate of drug-likeness (QED) is 0.852. The van der Waals surface area contributed by atoms with Crippen molar-refractivity contribution in [3.05, 3.63) is 65.2 Å². The molecule has 2 aromatic carbocycles. The zero-order chi connectivity index (χ0) is 14.5. The Kier molecular flexibility index (Phi) is 4.41. The zero-order valence-corrected chi connectivity index (χ0v) is 12.1. The van der Waals surface area contributed by atoms with Gasteiger partial charge in [-0.15, -0.1) is 0 Å². The molecule has 0 aliphatic rings. The molecular formula is C17H19NO2. The molecule has 104 valence electrons. The van der Waals surface area contributed by atoms with Gasteiger partial charge in [-0.25, -0.2) is 0 Å². The lowest BCUT2D eigenvalue weighted by atomic mass is 10.1. The summed E-state index contributed by atoms with van der Waals surface area (Å²) in [4.78, 5) is 14.2. The Hall–Kier alpha value is -2.29. The fraction of sp³-hybridized carbons (Fsp3) is 0.235. The molecule has 0 radical (unpaired) electrons. The van der Waals surface area contributed by atoms with Gasteiger partial charge in [0.2, 0.25) is 0 Å². The molecule has 0 atom stereocenters. The van der Waals surface area contributed by atoms with E-state index in [1.165, 1.54) is 0 Å². The van der Waals surface area contributed by atoms with Gasteiger partial charge in [-0.05, 0) is 24.6 Å². The van der Waals surface area contributed by atoms with E-state index < -0.39 is 0 Å². The van der Waals surface area contributed by atoms with Gasteiger partial charge in [0.25, 0.3) is 5.91 Å². The van der Waals surface area contributed by atoms with Crippen molar-refractivity contribution in [3.63, 3.8) is 0 Å². The summed E-state index contributed by atoms with van der Waals surface area (Å²) in [5, 5.41) is 0. The lowest BCUT2D eigenvalue weighted by molar-refractivity contribution is 0.0783. The van der Waals surface area contributed by atoms with Crippen molar-refractivity contribution in [2.24, 2.45) is 0 Å². The highest BCUT2D eigenvalue weighted by Crippen LogP contribution is 2.20. The summed E-state index contributed by atoms with van der Waals surface area (Å²) in [6.45, 7) is 2.47. The maximum Gasteiger partial charge on any atom is 0.254 e. The predicted molar refractivity (Wildman–Crippen MR) is 80.0 cm³/mol. The molecule has 2 aromatic rings. The van der Waals surface area contributed by atoms with E-state index >= 15 is 0 Å². The van der Waals surface area contributed by atoms with E-state index in [9.17, 15) is 4.79 Å². The van der Waals surface area contributed by atoms with E-state index in [1.54, 1.807) is 19.1 Å². The average molecular weight is 269 g/mol. The van der Waals surface area contributed by atoms with E-state index in [0.717, 1.165) is 22.4 Å². The highest BCUT2D eigenvalue weighted by atomic mass is 16.5. The van der Waals surface area contributed by atoms with Crippen LogP contribution in [0.4, 0.5) is 0 Å². The number of hydrogen-bond acceptors (Lipinski definition) is 2. The van der Waals surface area contributed by atoms with E-state index in [-0.39, 0.29) is 5.91 Å². The minimum Gasteiger partial charge on any atom is -0.496 e. The van der Waals surface area contributed by atoms with Crippen LogP contribution in [0.5, 0.6) is 5.75 Å². The summed E-state index contributed by atoms with van der Waals surface area (Å²) in [5.41, 5.74) is 2.73. The number of carbonyl (C=O) groups excluding carboxylic acids is 1. The minimum atomic E-state index is 0.0222. The van der Waals surface area contributed by atoms with Gasteiger partial charge in [0.1, 0.15) is 5.75 Å². The molecular weight excluding hydrogens is 250 g/mol. The van der Waals surface area contributed by atoms with Crippen molar-refractivity contribution in [2.45, 2.75) is 13.5 Å². The Bertz CT molecular complexity index is 607. The molecule has 0 spiro atoms. The van der Waals surface area contributed by atoms with Crippen molar-refractivity contribution < 1.29 is 9.53 Å². The lowest BCUT2D eigenvalue weighted by Gasteiger charge is -2.19. The van der Waals surface area contributed by atoms with Crippen LogP contribution < -0.4 is 4.74 Å². The maximum absolute atomic E-state index is 12.5. The largest absolute Gasteiger partial charge is 0.496 e. The molecule has 2 rings (SSSR count). The third-order valence-electron chi connectivity index (χ3n) is 3.32. The summed E-state index contributed by atoms with van der Waals surface area (Å²) in [5.74, 6) is 0.825. The van der Waals surface area contributed by atoms with Crippen LogP contribution in [-0.4, -0.2) is 25.0 Å². The van der Waals surface area contributed by atoms with Gasteiger partial charge in [0, 0.05) is 24.7 Å². The Morgan fingerprint density at radius 2 is 1.75 bits per heavy atom. The van der Waals surface area contributed by atoms with Crippen LogP contribution in [-0.2, 0) is 6.54 Å². The third kappa shape index (κ3) is 2.99.